The van der Waals surface area contributed by atoms with Crippen molar-refractivity contribution in [3.8, 4) is 0 Å². The van der Waals surface area contributed by atoms with E-state index < -0.39 is 16.9 Å². The molecular weight excluding hydrogens is 310 g/mol. The second-order valence-corrected chi connectivity index (χ2v) is 4.12. The molecule has 0 aliphatic rings. The number of nitrogens with zero attached hydrogens (tertiary/aromatic N) is 2. The first kappa shape index (κ1) is 14.3. The number of methoxy groups -OCH3 is 1. The molecule has 8 nitrogen and oxygen atoms in total. The van der Waals surface area contributed by atoms with Crippen molar-refractivity contribution >= 4 is 33.3 Å². The summed E-state index contributed by atoms with van der Waals surface area (Å²) in [7, 11) is 1.34. The second kappa shape index (κ2) is 6.26. The summed E-state index contributed by atoms with van der Waals surface area (Å²) in [5.41, 5.74) is -0.258. The number of halogens is 1. The normalized spacial score (nSPS) is 11.9. The molecule has 98 valence electrons. The summed E-state index contributed by atoms with van der Waals surface area (Å²) < 4.78 is 5.04. The zero-order valence-corrected chi connectivity index (χ0v) is 10.9. The van der Waals surface area contributed by atoms with Crippen LogP contribution < -0.4 is 5.32 Å². The van der Waals surface area contributed by atoms with Crippen LogP contribution >= 0.6 is 15.9 Å². The molecule has 1 aromatic rings. The van der Waals surface area contributed by atoms with E-state index in [4.69, 9.17) is 9.84 Å². The number of aliphatic carboxylic acids is 1. The zero-order valence-electron chi connectivity index (χ0n) is 9.29. The van der Waals surface area contributed by atoms with Gasteiger partial charge in [0.1, 0.15) is 17.9 Å². The van der Waals surface area contributed by atoms with Gasteiger partial charge in [0, 0.05) is 13.3 Å². The second-order valence-electron chi connectivity index (χ2n) is 3.26. The van der Waals surface area contributed by atoms with Crippen LogP contribution in [0.5, 0.6) is 0 Å². The summed E-state index contributed by atoms with van der Waals surface area (Å²) in [5.74, 6) is -1.17. The molecule has 0 aromatic carbocycles. The van der Waals surface area contributed by atoms with E-state index in [1.165, 1.54) is 13.3 Å². The van der Waals surface area contributed by atoms with Crippen molar-refractivity contribution in [3.05, 3.63) is 27.0 Å². The number of carbonyl (C=O) groups is 1. The predicted molar refractivity (Wildman–Crippen MR) is 65.5 cm³/mol. The highest BCUT2D eigenvalue weighted by molar-refractivity contribution is 9.10. The summed E-state index contributed by atoms with van der Waals surface area (Å²) >= 11 is 3.08. The van der Waals surface area contributed by atoms with Crippen molar-refractivity contribution in [1.29, 1.82) is 0 Å². The van der Waals surface area contributed by atoms with Gasteiger partial charge in [-0.15, -0.1) is 0 Å². The molecule has 0 radical (unpaired) electrons. The largest absolute Gasteiger partial charge is 0.480 e. The SMILES string of the molecule is COCC(Nc1c(Br)cncc1[N+](=O)[O-])C(=O)O. The first-order chi connectivity index (χ1) is 8.47. The third-order valence-corrected chi connectivity index (χ3v) is 2.63. The number of nitro groups is 1. The average Bonchev–Trinajstić information content (AvgIpc) is 2.30. The van der Waals surface area contributed by atoms with E-state index in [-0.39, 0.29) is 18.0 Å². The fourth-order valence-corrected chi connectivity index (χ4v) is 1.66. The fraction of sp³-hybridized carbons (Fsp3) is 0.333. The number of carboxylic acids is 1. The minimum absolute atomic E-state index is 0.0550. The molecule has 9 heteroatoms. The molecule has 2 N–H and O–H groups in total. The number of hydrogen-bond donors (Lipinski definition) is 2. The minimum atomic E-state index is -1.17. The number of anilines is 1. The standard InChI is InChI=1S/C9H10BrN3O5/c1-18-4-6(9(14)15)12-8-5(10)2-11-3-7(8)13(16)17/h2-3,6H,4H2,1H3,(H,11,12)(H,14,15). The number of aromatic nitrogens is 1. The Kier molecular flexibility index (Phi) is 4.98. The third kappa shape index (κ3) is 3.37. The Bertz CT molecular complexity index is 468. The summed E-state index contributed by atoms with van der Waals surface area (Å²) in [6.45, 7) is -0.124. The molecule has 1 heterocycles. The van der Waals surface area contributed by atoms with Crippen LogP contribution in [0.25, 0.3) is 0 Å². The number of nitrogens with one attached hydrogen (secondary N) is 1. The van der Waals surface area contributed by atoms with Crippen molar-refractivity contribution < 1.29 is 19.6 Å². The smallest absolute Gasteiger partial charge is 0.328 e. The van der Waals surface area contributed by atoms with Crippen LogP contribution in [-0.4, -0.2) is 40.7 Å². The van der Waals surface area contributed by atoms with Crippen LogP contribution in [-0.2, 0) is 9.53 Å². The maximum Gasteiger partial charge on any atom is 0.328 e. The van der Waals surface area contributed by atoms with Crippen molar-refractivity contribution in [2.75, 3.05) is 19.0 Å². The quantitative estimate of drug-likeness (QED) is 0.599. The lowest BCUT2D eigenvalue weighted by Gasteiger charge is -2.15. The van der Waals surface area contributed by atoms with Gasteiger partial charge in [-0.3, -0.25) is 15.1 Å². The van der Waals surface area contributed by atoms with Crippen molar-refractivity contribution in [3.63, 3.8) is 0 Å². The minimum Gasteiger partial charge on any atom is -0.480 e. The number of hydrogen-bond acceptors (Lipinski definition) is 6. The van der Waals surface area contributed by atoms with E-state index in [9.17, 15) is 14.9 Å². The maximum absolute atomic E-state index is 10.9. The van der Waals surface area contributed by atoms with E-state index in [2.05, 4.69) is 26.2 Å². The Hall–Kier alpha value is -1.74. The van der Waals surface area contributed by atoms with E-state index >= 15 is 0 Å². The van der Waals surface area contributed by atoms with Crippen LogP contribution in [0, 0.1) is 10.1 Å². The van der Waals surface area contributed by atoms with Gasteiger partial charge in [0.25, 0.3) is 0 Å². The van der Waals surface area contributed by atoms with E-state index in [1.807, 2.05) is 0 Å². The molecule has 0 spiro atoms. The zero-order chi connectivity index (χ0) is 13.7. The third-order valence-electron chi connectivity index (χ3n) is 2.03. The van der Waals surface area contributed by atoms with Gasteiger partial charge in [0.15, 0.2) is 0 Å². The lowest BCUT2D eigenvalue weighted by Crippen LogP contribution is -2.34. The molecule has 0 saturated carbocycles. The molecule has 1 atom stereocenters. The van der Waals surface area contributed by atoms with Crippen molar-refractivity contribution in [2.45, 2.75) is 6.04 Å². The van der Waals surface area contributed by atoms with Crippen LogP contribution in [0.15, 0.2) is 16.9 Å². The molecule has 1 aromatic heterocycles. The number of ether oxygens (including phenoxy) is 1. The highest BCUT2D eigenvalue weighted by Gasteiger charge is 2.24. The van der Waals surface area contributed by atoms with Crippen LogP contribution in [0.4, 0.5) is 11.4 Å². The van der Waals surface area contributed by atoms with E-state index in [1.54, 1.807) is 0 Å². The van der Waals surface area contributed by atoms with Gasteiger partial charge >= 0.3 is 11.7 Å². The summed E-state index contributed by atoms with van der Waals surface area (Å²) in [6, 6.07) is -1.09. The summed E-state index contributed by atoms with van der Waals surface area (Å²) in [5, 5.41) is 22.3. The lowest BCUT2D eigenvalue weighted by atomic mass is 10.2. The highest BCUT2D eigenvalue weighted by Crippen LogP contribution is 2.31. The Morgan fingerprint density at radius 2 is 2.39 bits per heavy atom. The Balaban J connectivity index is 3.08. The van der Waals surface area contributed by atoms with Crippen LogP contribution in [0.2, 0.25) is 0 Å². The summed E-state index contributed by atoms with van der Waals surface area (Å²) in [6.07, 6.45) is 2.37. The molecule has 1 rings (SSSR count). The monoisotopic (exact) mass is 319 g/mol. The average molecular weight is 320 g/mol. The topological polar surface area (TPSA) is 115 Å². The highest BCUT2D eigenvalue weighted by atomic mass is 79.9. The molecule has 0 aliphatic carbocycles. The maximum atomic E-state index is 10.9. The van der Waals surface area contributed by atoms with Gasteiger partial charge in [-0.25, -0.2) is 4.79 Å². The molecule has 0 amide bonds. The molecule has 0 aliphatic heterocycles. The Morgan fingerprint density at radius 3 is 2.89 bits per heavy atom. The Labute approximate surface area is 110 Å². The summed E-state index contributed by atoms with van der Waals surface area (Å²) in [4.78, 5) is 24.8. The fourth-order valence-electron chi connectivity index (χ4n) is 1.22. The van der Waals surface area contributed by atoms with Gasteiger partial charge in [-0.05, 0) is 15.9 Å². The number of carboxylic acid groups (broad SMARTS) is 1. The van der Waals surface area contributed by atoms with Crippen molar-refractivity contribution in [1.82, 2.24) is 4.98 Å². The van der Waals surface area contributed by atoms with E-state index in [0.717, 1.165) is 6.20 Å². The number of rotatable bonds is 6. The molecule has 18 heavy (non-hydrogen) atoms. The van der Waals surface area contributed by atoms with Crippen LogP contribution in [0.3, 0.4) is 0 Å². The first-order valence-corrected chi connectivity index (χ1v) is 5.52. The van der Waals surface area contributed by atoms with Crippen LogP contribution in [0.1, 0.15) is 0 Å². The van der Waals surface area contributed by atoms with Crippen molar-refractivity contribution in [2.24, 2.45) is 0 Å². The Morgan fingerprint density at radius 1 is 1.72 bits per heavy atom. The van der Waals surface area contributed by atoms with Gasteiger partial charge in [0.2, 0.25) is 0 Å². The molecular formula is C9H10BrN3O5. The predicted octanol–water partition coefficient (Wildman–Crippen LogP) is 1.26. The van der Waals surface area contributed by atoms with Gasteiger partial charge < -0.3 is 15.2 Å². The van der Waals surface area contributed by atoms with Gasteiger partial charge in [-0.1, -0.05) is 0 Å². The molecule has 0 bridgehead atoms. The molecule has 0 fully saturated rings. The number of pyridine rings is 1. The van der Waals surface area contributed by atoms with E-state index in [0.29, 0.717) is 4.47 Å². The van der Waals surface area contributed by atoms with Gasteiger partial charge in [0.05, 0.1) is 16.0 Å². The first-order valence-electron chi connectivity index (χ1n) is 4.73. The van der Waals surface area contributed by atoms with Gasteiger partial charge in [-0.2, -0.15) is 0 Å². The molecule has 0 saturated heterocycles. The lowest BCUT2D eigenvalue weighted by molar-refractivity contribution is -0.384. The molecule has 1 unspecified atom stereocenters.